The molecule has 3 heterocycles. The second-order valence-electron chi connectivity index (χ2n) is 5.60. The lowest BCUT2D eigenvalue weighted by molar-refractivity contribution is 0.177. The number of hydrogen-bond donors (Lipinski definition) is 1. The van der Waals surface area contributed by atoms with Crippen LogP contribution >= 0.6 is 11.3 Å². The summed E-state index contributed by atoms with van der Waals surface area (Å²) in [7, 11) is 1.94. The first-order chi connectivity index (χ1) is 10.6. The van der Waals surface area contributed by atoms with Crippen LogP contribution in [0, 0.1) is 6.92 Å². The number of aromatic nitrogens is 4. The lowest BCUT2D eigenvalue weighted by Crippen LogP contribution is -2.45. The molecule has 0 bridgehead atoms. The average Bonchev–Trinajstić information content (AvgIpc) is 3.13. The third-order valence-corrected chi connectivity index (χ3v) is 4.73. The molecule has 0 saturated carbocycles. The summed E-state index contributed by atoms with van der Waals surface area (Å²) < 4.78 is 1.93. The molecule has 2 aromatic rings. The van der Waals surface area contributed by atoms with E-state index in [0.29, 0.717) is 13.1 Å². The van der Waals surface area contributed by atoms with E-state index in [9.17, 15) is 4.79 Å². The van der Waals surface area contributed by atoms with Crippen molar-refractivity contribution >= 4 is 17.4 Å². The first kappa shape index (κ1) is 15.0. The topological polar surface area (TPSA) is 75.9 Å². The number of hydrogen-bond acceptors (Lipinski definition) is 5. The van der Waals surface area contributed by atoms with Gasteiger partial charge in [-0.2, -0.15) is 0 Å². The molecule has 0 radical (unpaired) electrons. The number of carbonyl (C=O) groups is 1. The van der Waals surface area contributed by atoms with E-state index in [0.717, 1.165) is 35.9 Å². The van der Waals surface area contributed by atoms with E-state index >= 15 is 0 Å². The van der Waals surface area contributed by atoms with Gasteiger partial charge in [-0.3, -0.25) is 0 Å². The van der Waals surface area contributed by atoms with Crippen LogP contribution in [0.1, 0.15) is 35.3 Å². The van der Waals surface area contributed by atoms with Gasteiger partial charge in [0.1, 0.15) is 12.2 Å². The summed E-state index contributed by atoms with van der Waals surface area (Å²) in [5.74, 6) is 1.21. The van der Waals surface area contributed by atoms with Crippen LogP contribution in [0.5, 0.6) is 0 Å². The van der Waals surface area contributed by atoms with E-state index in [1.54, 1.807) is 17.7 Å². The molecule has 7 nitrogen and oxygen atoms in total. The van der Waals surface area contributed by atoms with Gasteiger partial charge >= 0.3 is 6.03 Å². The summed E-state index contributed by atoms with van der Waals surface area (Å²) in [6, 6.07) is -0.0301. The van der Waals surface area contributed by atoms with Gasteiger partial charge in [-0.05, 0) is 19.8 Å². The fourth-order valence-corrected chi connectivity index (χ4v) is 3.41. The summed E-state index contributed by atoms with van der Waals surface area (Å²) in [6.45, 7) is 3.92. The number of likely N-dealkylation sites (tertiary alicyclic amines) is 1. The maximum atomic E-state index is 12.3. The minimum absolute atomic E-state index is 0.0301. The number of piperidine rings is 1. The van der Waals surface area contributed by atoms with Crippen LogP contribution in [-0.2, 0) is 13.6 Å². The van der Waals surface area contributed by atoms with Crippen molar-refractivity contribution in [3.8, 4) is 0 Å². The fraction of sp³-hybridized carbons (Fsp3) is 0.571. The monoisotopic (exact) mass is 320 g/mol. The van der Waals surface area contributed by atoms with Gasteiger partial charge in [0.05, 0.1) is 17.2 Å². The van der Waals surface area contributed by atoms with Gasteiger partial charge in [0.25, 0.3) is 0 Å². The lowest BCUT2D eigenvalue weighted by atomic mass is 9.97. The maximum Gasteiger partial charge on any atom is 0.317 e. The standard InChI is InChI=1S/C14H20N6OS/c1-10-17-12(8-22-10)6-15-14(21)20-5-3-4-11(7-20)13-18-16-9-19(13)2/h8-9,11H,3-7H2,1-2H3,(H,15,21)/t11-/m1/s1. The predicted octanol–water partition coefficient (Wildman–Crippen LogP) is 1.67. The highest BCUT2D eigenvalue weighted by atomic mass is 32.1. The van der Waals surface area contributed by atoms with Gasteiger partial charge in [0.2, 0.25) is 0 Å². The van der Waals surface area contributed by atoms with E-state index < -0.39 is 0 Å². The third-order valence-electron chi connectivity index (χ3n) is 3.91. The molecule has 0 aromatic carbocycles. The molecule has 118 valence electrons. The SMILES string of the molecule is Cc1nc(CNC(=O)N2CCC[C@@H](c3nncn3C)C2)cs1. The van der Waals surface area contributed by atoms with E-state index in [1.807, 2.05) is 28.8 Å². The minimum Gasteiger partial charge on any atom is -0.332 e. The number of nitrogens with zero attached hydrogens (tertiary/aromatic N) is 5. The van der Waals surface area contributed by atoms with E-state index in [2.05, 4.69) is 20.5 Å². The van der Waals surface area contributed by atoms with Crippen LogP contribution in [0.25, 0.3) is 0 Å². The first-order valence-corrected chi connectivity index (χ1v) is 8.29. The van der Waals surface area contributed by atoms with Crippen LogP contribution in [-0.4, -0.2) is 43.8 Å². The van der Waals surface area contributed by atoms with Crippen molar-refractivity contribution in [1.29, 1.82) is 0 Å². The fourth-order valence-electron chi connectivity index (χ4n) is 2.80. The van der Waals surface area contributed by atoms with Crippen LogP contribution in [0.2, 0.25) is 0 Å². The Hall–Kier alpha value is -1.96. The Balaban J connectivity index is 1.57. The molecule has 8 heteroatoms. The zero-order valence-corrected chi connectivity index (χ0v) is 13.6. The summed E-state index contributed by atoms with van der Waals surface area (Å²) in [5.41, 5.74) is 0.915. The minimum atomic E-state index is -0.0301. The molecular formula is C14H20N6OS. The average molecular weight is 320 g/mol. The van der Waals surface area contributed by atoms with Gasteiger partial charge < -0.3 is 14.8 Å². The Morgan fingerprint density at radius 1 is 1.55 bits per heavy atom. The number of aryl methyl sites for hydroxylation is 2. The lowest BCUT2D eigenvalue weighted by Gasteiger charge is -2.32. The van der Waals surface area contributed by atoms with Gasteiger partial charge in [0.15, 0.2) is 0 Å². The molecule has 0 spiro atoms. The Morgan fingerprint density at radius 2 is 2.41 bits per heavy atom. The van der Waals surface area contributed by atoms with E-state index in [4.69, 9.17) is 0 Å². The highest BCUT2D eigenvalue weighted by molar-refractivity contribution is 7.09. The highest BCUT2D eigenvalue weighted by Crippen LogP contribution is 2.24. The first-order valence-electron chi connectivity index (χ1n) is 7.41. The Morgan fingerprint density at radius 3 is 3.09 bits per heavy atom. The summed E-state index contributed by atoms with van der Waals surface area (Å²) in [4.78, 5) is 18.5. The predicted molar refractivity (Wildman–Crippen MR) is 83.6 cm³/mol. The van der Waals surface area contributed by atoms with E-state index in [-0.39, 0.29) is 11.9 Å². The van der Waals surface area contributed by atoms with Gasteiger partial charge in [0, 0.05) is 31.4 Å². The van der Waals surface area contributed by atoms with Gasteiger partial charge in [-0.25, -0.2) is 9.78 Å². The molecule has 1 N–H and O–H groups in total. The van der Waals surface area contributed by atoms with Crippen molar-refractivity contribution in [3.63, 3.8) is 0 Å². The second kappa shape index (κ2) is 6.43. The van der Waals surface area contributed by atoms with E-state index in [1.165, 1.54) is 0 Å². The number of rotatable bonds is 3. The zero-order chi connectivity index (χ0) is 15.5. The number of carbonyl (C=O) groups excluding carboxylic acids is 1. The maximum absolute atomic E-state index is 12.3. The molecule has 1 atom stereocenters. The molecule has 2 aromatic heterocycles. The summed E-state index contributed by atoms with van der Waals surface area (Å²) in [5, 5.41) is 14.1. The molecule has 2 amide bonds. The normalized spacial score (nSPS) is 18.5. The van der Waals surface area contributed by atoms with Crippen molar-refractivity contribution < 1.29 is 4.79 Å². The van der Waals surface area contributed by atoms with Crippen molar-refractivity contribution in [2.24, 2.45) is 7.05 Å². The highest BCUT2D eigenvalue weighted by Gasteiger charge is 2.27. The molecule has 3 rings (SSSR count). The Kier molecular flexibility index (Phi) is 4.37. The smallest absolute Gasteiger partial charge is 0.317 e. The molecule has 0 aliphatic carbocycles. The molecule has 0 unspecified atom stereocenters. The second-order valence-corrected chi connectivity index (χ2v) is 6.66. The summed E-state index contributed by atoms with van der Waals surface area (Å²) in [6.07, 6.45) is 3.74. The van der Waals surface area contributed by atoms with Crippen LogP contribution in [0.15, 0.2) is 11.7 Å². The Bertz CT molecular complexity index is 651. The van der Waals surface area contributed by atoms with Gasteiger partial charge in [-0.1, -0.05) is 0 Å². The van der Waals surface area contributed by atoms with Crippen LogP contribution in [0.4, 0.5) is 4.79 Å². The molecule has 1 aliphatic heterocycles. The molecular weight excluding hydrogens is 300 g/mol. The van der Waals surface area contributed by atoms with Crippen molar-refractivity contribution in [1.82, 2.24) is 30.0 Å². The van der Waals surface area contributed by atoms with Crippen molar-refractivity contribution in [3.05, 3.63) is 28.2 Å². The number of thiazole rings is 1. The molecule has 1 aliphatic rings. The Labute approximate surface area is 133 Å². The molecule has 1 saturated heterocycles. The summed E-state index contributed by atoms with van der Waals surface area (Å²) >= 11 is 1.60. The number of amides is 2. The number of nitrogens with one attached hydrogen (secondary N) is 1. The quantitative estimate of drug-likeness (QED) is 0.933. The third kappa shape index (κ3) is 3.27. The van der Waals surface area contributed by atoms with Crippen LogP contribution in [0.3, 0.4) is 0 Å². The van der Waals surface area contributed by atoms with Gasteiger partial charge in [-0.15, -0.1) is 21.5 Å². The number of urea groups is 1. The molecule has 22 heavy (non-hydrogen) atoms. The van der Waals surface area contributed by atoms with Crippen molar-refractivity contribution in [2.45, 2.75) is 32.2 Å². The molecule has 1 fully saturated rings. The largest absolute Gasteiger partial charge is 0.332 e. The zero-order valence-electron chi connectivity index (χ0n) is 12.8. The van der Waals surface area contributed by atoms with Crippen molar-refractivity contribution in [2.75, 3.05) is 13.1 Å². The van der Waals surface area contributed by atoms with Crippen LogP contribution < -0.4 is 5.32 Å².